The van der Waals surface area contributed by atoms with Gasteiger partial charge in [0.05, 0.1) is 12.0 Å². The highest BCUT2D eigenvalue weighted by molar-refractivity contribution is 5.73. The van der Waals surface area contributed by atoms with Crippen molar-refractivity contribution >= 4 is 5.97 Å². The first-order valence-electron chi connectivity index (χ1n) is 6.64. The molecule has 0 radical (unpaired) electrons. The van der Waals surface area contributed by atoms with Gasteiger partial charge in [-0.25, -0.2) is 0 Å². The Morgan fingerprint density at radius 1 is 1.24 bits per heavy atom. The summed E-state index contributed by atoms with van der Waals surface area (Å²) in [4.78, 5) is 12.0. The molecule has 98 valence electrons. The van der Waals surface area contributed by atoms with Gasteiger partial charge in [-0.05, 0) is 31.7 Å². The highest BCUT2D eigenvalue weighted by atomic mass is 16.5. The molecule has 0 aromatic carbocycles. The number of hydrogen-bond acceptors (Lipinski definition) is 4. The fourth-order valence-corrected chi connectivity index (χ4v) is 2.80. The molecule has 1 saturated carbocycles. The van der Waals surface area contributed by atoms with Crippen molar-refractivity contribution in [2.75, 3.05) is 20.2 Å². The summed E-state index contributed by atoms with van der Waals surface area (Å²) < 4.78 is 11.0. The molecule has 2 rings (SSSR count). The van der Waals surface area contributed by atoms with Gasteiger partial charge < -0.3 is 14.8 Å². The smallest absolute Gasteiger partial charge is 0.310 e. The summed E-state index contributed by atoms with van der Waals surface area (Å²) in [5, 5.41) is 3.23. The molecule has 1 heterocycles. The van der Waals surface area contributed by atoms with Crippen molar-refractivity contribution in [2.45, 2.75) is 44.8 Å². The van der Waals surface area contributed by atoms with Gasteiger partial charge in [0.2, 0.25) is 0 Å². The summed E-state index contributed by atoms with van der Waals surface area (Å²) in [7, 11) is 1.73. The first kappa shape index (κ1) is 12.8. The maximum absolute atomic E-state index is 12.0. The second-order valence-corrected chi connectivity index (χ2v) is 5.33. The van der Waals surface area contributed by atoms with Crippen LogP contribution < -0.4 is 5.32 Å². The predicted octanol–water partition coefficient (Wildman–Crippen LogP) is 1.34. The van der Waals surface area contributed by atoms with Gasteiger partial charge in [-0.2, -0.15) is 0 Å². The SMILES string of the molecule is COC1CCCC(OC(=O)C2CNCC2C)C1. The van der Waals surface area contributed by atoms with E-state index in [1.54, 1.807) is 7.11 Å². The van der Waals surface area contributed by atoms with Crippen LogP contribution in [0.4, 0.5) is 0 Å². The molecular weight excluding hydrogens is 218 g/mol. The molecule has 0 aromatic rings. The molecule has 4 atom stereocenters. The molecule has 0 spiro atoms. The Morgan fingerprint density at radius 2 is 2.00 bits per heavy atom. The maximum atomic E-state index is 12.0. The lowest BCUT2D eigenvalue weighted by Crippen LogP contribution is -2.33. The molecule has 4 nitrogen and oxygen atoms in total. The first-order chi connectivity index (χ1) is 8.20. The van der Waals surface area contributed by atoms with E-state index in [1.807, 2.05) is 0 Å². The zero-order chi connectivity index (χ0) is 12.3. The van der Waals surface area contributed by atoms with E-state index in [9.17, 15) is 4.79 Å². The minimum absolute atomic E-state index is 0.0238. The van der Waals surface area contributed by atoms with E-state index in [-0.39, 0.29) is 24.1 Å². The normalized spacial score (nSPS) is 38.0. The molecule has 0 aromatic heterocycles. The lowest BCUT2D eigenvalue weighted by Gasteiger charge is -2.29. The van der Waals surface area contributed by atoms with Crippen LogP contribution in [0.2, 0.25) is 0 Å². The number of nitrogens with one attached hydrogen (secondary N) is 1. The van der Waals surface area contributed by atoms with E-state index in [4.69, 9.17) is 9.47 Å². The lowest BCUT2D eigenvalue weighted by molar-refractivity contribution is -0.158. The second-order valence-electron chi connectivity index (χ2n) is 5.33. The van der Waals surface area contributed by atoms with Gasteiger partial charge in [-0.3, -0.25) is 4.79 Å². The van der Waals surface area contributed by atoms with Gasteiger partial charge in [0, 0.05) is 20.1 Å². The van der Waals surface area contributed by atoms with Crippen LogP contribution >= 0.6 is 0 Å². The van der Waals surface area contributed by atoms with Gasteiger partial charge in [-0.15, -0.1) is 0 Å². The Balaban J connectivity index is 1.81. The van der Waals surface area contributed by atoms with Gasteiger partial charge in [0.15, 0.2) is 0 Å². The monoisotopic (exact) mass is 241 g/mol. The van der Waals surface area contributed by atoms with Crippen molar-refractivity contribution in [1.29, 1.82) is 0 Å². The molecule has 4 heteroatoms. The van der Waals surface area contributed by atoms with Crippen molar-refractivity contribution in [3.05, 3.63) is 0 Å². The van der Waals surface area contributed by atoms with Crippen molar-refractivity contribution in [1.82, 2.24) is 5.32 Å². The number of methoxy groups -OCH3 is 1. The Bertz CT molecular complexity index is 269. The van der Waals surface area contributed by atoms with Crippen LogP contribution in [0.5, 0.6) is 0 Å². The zero-order valence-electron chi connectivity index (χ0n) is 10.8. The number of rotatable bonds is 3. The fraction of sp³-hybridized carbons (Fsp3) is 0.923. The summed E-state index contributed by atoms with van der Waals surface area (Å²) in [5.41, 5.74) is 0. The minimum atomic E-state index is -0.0238. The van der Waals surface area contributed by atoms with E-state index in [2.05, 4.69) is 12.2 Å². The van der Waals surface area contributed by atoms with E-state index >= 15 is 0 Å². The highest BCUT2D eigenvalue weighted by Crippen LogP contribution is 2.25. The Kier molecular flexibility index (Phi) is 4.40. The van der Waals surface area contributed by atoms with Crippen molar-refractivity contribution in [2.24, 2.45) is 11.8 Å². The van der Waals surface area contributed by atoms with Crippen LogP contribution in [-0.4, -0.2) is 38.4 Å². The van der Waals surface area contributed by atoms with Gasteiger partial charge in [0.1, 0.15) is 6.10 Å². The number of carbonyl (C=O) groups excluding carboxylic acids is 1. The molecule has 0 amide bonds. The van der Waals surface area contributed by atoms with Crippen LogP contribution in [0.15, 0.2) is 0 Å². The van der Waals surface area contributed by atoms with Crippen LogP contribution in [0.25, 0.3) is 0 Å². The third-order valence-electron chi connectivity index (χ3n) is 4.01. The zero-order valence-corrected chi connectivity index (χ0v) is 10.8. The average molecular weight is 241 g/mol. The molecule has 1 aliphatic heterocycles. The Morgan fingerprint density at radius 3 is 2.65 bits per heavy atom. The highest BCUT2D eigenvalue weighted by Gasteiger charge is 2.33. The summed E-state index contributed by atoms with van der Waals surface area (Å²) in [6, 6.07) is 0. The molecule has 1 saturated heterocycles. The summed E-state index contributed by atoms with van der Waals surface area (Å²) in [6.45, 7) is 3.79. The van der Waals surface area contributed by atoms with Gasteiger partial charge in [-0.1, -0.05) is 6.92 Å². The molecule has 4 unspecified atom stereocenters. The van der Waals surface area contributed by atoms with Crippen LogP contribution in [0.1, 0.15) is 32.6 Å². The van der Waals surface area contributed by atoms with Gasteiger partial charge in [0.25, 0.3) is 0 Å². The fourth-order valence-electron chi connectivity index (χ4n) is 2.80. The number of hydrogen-bond donors (Lipinski definition) is 1. The standard InChI is InChI=1S/C13H23NO3/c1-9-7-14-8-12(9)13(15)17-11-5-3-4-10(6-11)16-2/h9-12,14H,3-8H2,1-2H3. The average Bonchev–Trinajstić information content (AvgIpc) is 2.76. The summed E-state index contributed by atoms with van der Waals surface area (Å²) in [6.07, 6.45) is 4.35. The number of carbonyl (C=O) groups is 1. The van der Waals surface area contributed by atoms with Crippen molar-refractivity contribution in [3.63, 3.8) is 0 Å². The molecule has 1 N–H and O–H groups in total. The predicted molar refractivity (Wildman–Crippen MR) is 64.7 cm³/mol. The molecule has 17 heavy (non-hydrogen) atoms. The first-order valence-corrected chi connectivity index (χ1v) is 6.64. The van der Waals surface area contributed by atoms with E-state index in [0.29, 0.717) is 5.92 Å². The van der Waals surface area contributed by atoms with Crippen LogP contribution in [0.3, 0.4) is 0 Å². The van der Waals surface area contributed by atoms with Crippen LogP contribution in [0, 0.1) is 11.8 Å². The molecule has 2 fully saturated rings. The second kappa shape index (κ2) is 5.83. The van der Waals surface area contributed by atoms with E-state index < -0.39 is 0 Å². The molecular formula is C13H23NO3. The van der Waals surface area contributed by atoms with Crippen molar-refractivity contribution in [3.8, 4) is 0 Å². The molecule has 1 aliphatic carbocycles. The number of esters is 1. The largest absolute Gasteiger partial charge is 0.462 e. The summed E-state index contributed by atoms with van der Waals surface area (Å²) >= 11 is 0. The van der Waals surface area contributed by atoms with E-state index in [0.717, 1.165) is 38.8 Å². The van der Waals surface area contributed by atoms with E-state index in [1.165, 1.54) is 0 Å². The molecule has 0 bridgehead atoms. The van der Waals surface area contributed by atoms with Gasteiger partial charge >= 0.3 is 5.97 Å². The number of ether oxygens (including phenoxy) is 2. The minimum Gasteiger partial charge on any atom is -0.462 e. The third kappa shape index (κ3) is 3.19. The van der Waals surface area contributed by atoms with Crippen LogP contribution in [-0.2, 0) is 14.3 Å². The lowest BCUT2D eigenvalue weighted by atomic mass is 9.94. The Labute approximate surface area is 103 Å². The Hall–Kier alpha value is -0.610. The molecule has 2 aliphatic rings. The quantitative estimate of drug-likeness (QED) is 0.758. The third-order valence-corrected chi connectivity index (χ3v) is 4.01. The maximum Gasteiger partial charge on any atom is 0.310 e. The topological polar surface area (TPSA) is 47.6 Å². The summed E-state index contributed by atoms with van der Waals surface area (Å²) in [5.74, 6) is 0.409. The van der Waals surface area contributed by atoms with Crippen molar-refractivity contribution < 1.29 is 14.3 Å².